The Morgan fingerprint density at radius 2 is 2.33 bits per heavy atom. The van der Waals surface area contributed by atoms with E-state index in [4.69, 9.17) is 16.3 Å². The molecule has 1 aromatic heterocycles. The van der Waals surface area contributed by atoms with Crippen molar-refractivity contribution in [3.63, 3.8) is 0 Å². The quantitative estimate of drug-likeness (QED) is 0.733. The van der Waals surface area contributed by atoms with Crippen LogP contribution in [0.2, 0.25) is 5.02 Å². The average molecular weight is 274 g/mol. The summed E-state index contributed by atoms with van der Waals surface area (Å²) in [6.45, 7) is 5.76. The number of nitrogens with zero attached hydrogens (tertiary/aromatic N) is 2. The smallest absolute Gasteiger partial charge is 0.183 e. The Balaban J connectivity index is 2.63. The topological polar surface area (TPSA) is 56.2 Å². The van der Waals surface area contributed by atoms with Gasteiger partial charge in [0.2, 0.25) is 0 Å². The third kappa shape index (κ3) is 4.40. The fourth-order valence-electron chi connectivity index (χ4n) is 1.58. The van der Waals surface area contributed by atoms with E-state index in [0.717, 1.165) is 0 Å². The van der Waals surface area contributed by atoms with Crippen molar-refractivity contribution < 1.29 is 9.53 Å². The lowest BCUT2D eigenvalue weighted by Crippen LogP contribution is -2.26. The number of hydrogen-bond donors (Lipinski definition) is 1. The van der Waals surface area contributed by atoms with Crippen molar-refractivity contribution in [2.45, 2.75) is 32.9 Å². The van der Waals surface area contributed by atoms with Crippen LogP contribution in [-0.4, -0.2) is 41.9 Å². The van der Waals surface area contributed by atoms with Crippen molar-refractivity contribution >= 4 is 17.4 Å². The number of ketones is 1. The first kappa shape index (κ1) is 15.1. The monoisotopic (exact) mass is 273 g/mol. The molecule has 1 aromatic rings. The Morgan fingerprint density at radius 1 is 1.61 bits per heavy atom. The van der Waals surface area contributed by atoms with Crippen molar-refractivity contribution in [2.24, 2.45) is 0 Å². The number of nitrogens with one attached hydrogen (secondary N) is 1. The predicted molar refractivity (Wildman–Crippen MR) is 71.2 cm³/mol. The molecule has 0 spiro atoms. The molecule has 0 saturated carbocycles. The molecule has 0 unspecified atom stereocenters. The summed E-state index contributed by atoms with van der Waals surface area (Å²) in [5, 5.41) is 7.69. The molecule has 0 fully saturated rings. The van der Waals surface area contributed by atoms with Gasteiger partial charge in [-0.3, -0.25) is 9.48 Å². The van der Waals surface area contributed by atoms with Gasteiger partial charge in [0.1, 0.15) is 5.69 Å². The number of hydrogen-bond acceptors (Lipinski definition) is 4. The predicted octanol–water partition coefficient (Wildman–Crippen LogP) is 1.75. The molecule has 1 N–H and O–H groups in total. The van der Waals surface area contributed by atoms with Gasteiger partial charge in [-0.25, -0.2) is 0 Å². The number of carbonyl (C=O) groups excluding carboxylic acids is 1. The summed E-state index contributed by atoms with van der Waals surface area (Å²) in [7, 11) is 1.61. The Hall–Kier alpha value is -0.910. The lowest BCUT2D eigenvalue weighted by molar-refractivity contribution is 0.0968. The molecule has 1 rings (SSSR count). The SMILES string of the molecule is COCCn1ncc(Cl)c1C(=O)CCNC(C)C. The van der Waals surface area contributed by atoms with Crippen molar-refractivity contribution in [1.29, 1.82) is 0 Å². The van der Waals surface area contributed by atoms with E-state index in [1.807, 2.05) is 13.8 Å². The summed E-state index contributed by atoms with van der Waals surface area (Å²) in [5.41, 5.74) is 0.472. The van der Waals surface area contributed by atoms with Gasteiger partial charge in [-0.1, -0.05) is 25.4 Å². The molecule has 0 amide bonds. The minimum absolute atomic E-state index is 0.00162. The summed E-state index contributed by atoms with van der Waals surface area (Å²) in [6.07, 6.45) is 1.91. The van der Waals surface area contributed by atoms with Crippen LogP contribution in [0.1, 0.15) is 30.8 Å². The maximum Gasteiger partial charge on any atom is 0.183 e. The Bertz CT molecular complexity index is 391. The molecular weight excluding hydrogens is 254 g/mol. The number of halogens is 1. The van der Waals surface area contributed by atoms with Gasteiger partial charge in [0.05, 0.1) is 24.4 Å². The molecule has 0 aromatic carbocycles. The summed E-state index contributed by atoms with van der Waals surface area (Å²) in [6, 6.07) is 0.367. The zero-order valence-corrected chi connectivity index (χ0v) is 11.8. The van der Waals surface area contributed by atoms with E-state index in [1.54, 1.807) is 11.8 Å². The van der Waals surface area contributed by atoms with E-state index >= 15 is 0 Å². The summed E-state index contributed by atoms with van der Waals surface area (Å²) in [5.74, 6) is 0.00162. The van der Waals surface area contributed by atoms with Crippen LogP contribution in [0.5, 0.6) is 0 Å². The summed E-state index contributed by atoms with van der Waals surface area (Å²) in [4.78, 5) is 12.1. The van der Waals surface area contributed by atoms with Crippen LogP contribution < -0.4 is 5.32 Å². The molecule has 0 radical (unpaired) electrons. The van der Waals surface area contributed by atoms with Gasteiger partial charge < -0.3 is 10.1 Å². The maximum atomic E-state index is 12.1. The van der Waals surface area contributed by atoms with Gasteiger partial charge >= 0.3 is 0 Å². The van der Waals surface area contributed by atoms with Gasteiger partial charge in [-0.2, -0.15) is 5.10 Å². The van der Waals surface area contributed by atoms with Crippen LogP contribution in [0, 0.1) is 0 Å². The molecule has 0 aliphatic rings. The third-order valence-corrected chi connectivity index (χ3v) is 2.75. The molecule has 6 heteroatoms. The summed E-state index contributed by atoms with van der Waals surface area (Å²) < 4.78 is 6.58. The molecule has 0 aliphatic carbocycles. The molecule has 0 saturated heterocycles. The molecule has 5 nitrogen and oxygen atoms in total. The number of Topliss-reactive ketones (excluding diaryl/α,β-unsaturated/α-hetero) is 1. The van der Waals surface area contributed by atoms with Gasteiger partial charge in [0, 0.05) is 26.1 Å². The Labute approximate surface area is 112 Å². The number of ether oxygens (including phenoxy) is 1. The second-order valence-corrected chi connectivity index (χ2v) is 4.75. The molecular formula is C12H20ClN3O2. The van der Waals surface area contributed by atoms with E-state index in [1.165, 1.54) is 6.20 Å². The van der Waals surface area contributed by atoms with Crippen molar-refractivity contribution in [2.75, 3.05) is 20.3 Å². The average Bonchev–Trinajstić information content (AvgIpc) is 2.67. The second kappa shape index (κ2) is 7.51. The van der Waals surface area contributed by atoms with Gasteiger partial charge in [0.15, 0.2) is 5.78 Å². The molecule has 0 atom stereocenters. The number of carbonyl (C=O) groups is 1. The third-order valence-electron chi connectivity index (χ3n) is 2.47. The minimum Gasteiger partial charge on any atom is -0.383 e. The molecule has 102 valence electrons. The fraction of sp³-hybridized carbons (Fsp3) is 0.667. The normalized spacial score (nSPS) is 11.2. The van der Waals surface area contributed by atoms with Crippen molar-refractivity contribution in [1.82, 2.24) is 15.1 Å². The number of methoxy groups -OCH3 is 1. The van der Waals surface area contributed by atoms with E-state index in [0.29, 0.717) is 42.9 Å². The molecule has 18 heavy (non-hydrogen) atoms. The van der Waals surface area contributed by atoms with Crippen LogP contribution in [0.15, 0.2) is 6.20 Å². The van der Waals surface area contributed by atoms with E-state index < -0.39 is 0 Å². The van der Waals surface area contributed by atoms with E-state index in [2.05, 4.69) is 10.4 Å². The van der Waals surface area contributed by atoms with Crippen molar-refractivity contribution in [3.05, 3.63) is 16.9 Å². The molecule has 0 aliphatic heterocycles. The summed E-state index contributed by atoms with van der Waals surface area (Å²) >= 11 is 5.99. The van der Waals surface area contributed by atoms with Crippen LogP contribution in [0.25, 0.3) is 0 Å². The van der Waals surface area contributed by atoms with Gasteiger partial charge in [-0.15, -0.1) is 0 Å². The van der Waals surface area contributed by atoms with Crippen LogP contribution in [0.4, 0.5) is 0 Å². The first-order valence-electron chi connectivity index (χ1n) is 6.03. The van der Waals surface area contributed by atoms with Crippen LogP contribution in [0.3, 0.4) is 0 Å². The molecule has 1 heterocycles. The lowest BCUT2D eigenvalue weighted by atomic mass is 10.2. The van der Waals surface area contributed by atoms with Crippen molar-refractivity contribution in [3.8, 4) is 0 Å². The Kier molecular flexibility index (Phi) is 6.32. The minimum atomic E-state index is 0.00162. The van der Waals surface area contributed by atoms with E-state index in [9.17, 15) is 4.79 Å². The Morgan fingerprint density at radius 3 is 2.94 bits per heavy atom. The zero-order valence-electron chi connectivity index (χ0n) is 11.1. The highest BCUT2D eigenvalue weighted by Crippen LogP contribution is 2.16. The first-order chi connectivity index (χ1) is 8.56. The molecule has 0 bridgehead atoms. The zero-order chi connectivity index (χ0) is 13.5. The van der Waals surface area contributed by atoms with E-state index in [-0.39, 0.29) is 5.78 Å². The fourth-order valence-corrected chi connectivity index (χ4v) is 1.83. The highest BCUT2D eigenvalue weighted by atomic mass is 35.5. The highest BCUT2D eigenvalue weighted by molar-refractivity contribution is 6.33. The van der Waals surface area contributed by atoms with Crippen LogP contribution in [-0.2, 0) is 11.3 Å². The van der Waals surface area contributed by atoms with Gasteiger partial charge in [-0.05, 0) is 0 Å². The maximum absolute atomic E-state index is 12.1. The standard InChI is InChI=1S/C12H20ClN3O2/c1-9(2)14-5-4-11(17)12-10(13)8-15-16(12)6-7-18-3/h8-9,14H,4-7H2,1-3H3. The second-order valence-electron chi connectivity index (χ2n) is 4.34. The lowest BCUT2D eigenvalue weighted by Gasteiger charge is -2.09. The number of rotatable bonds is 8. The largest absolute Gasteiger partial charge is 0.383 e. The van der Waals surface area contributed by atoms with Crippen LogP contribution >= 0.6 is 11.6 Å². The first-order valence-corrected chi connectivity index (χ1v) is 6.41. The number of aromatic nitrogens is 2. The van der Waals surface area contributed by atoms with Gasteiger partial charge in [0.25, 0.3) is 0 Å². The highest BCUT2D eigenvalue weighted by Gasteiger charge is 2.16.